The van der Waals surface area contributed by atoms with Gasteiger partial charge in [0.25, 0.3) is 0 Å². The third kappa shape index (κ3) is 1.79. The highest BCUT2D eigenvalue weighted by atomic mass is 16.5. The van der Waals surface area contributed by atoms with E-state index in [0.717, 1.165) is 5.69 Å². The molecular weight excluding hydrogens is 182 g/mol. The van der Waals surface area contributed by atoms with Crippen molar-refractivity contribution >= 4 is 11.6 Å². The van der Waals surface area contributed by atoms with Crippen LogP contribution in [0.2, 0.25) is 0 Å². The summed E-state index contributed by atoms with van der Waals surface area (Å²) in [5.41, 5.74) is 0.822. The molecule has 0 aliphatic carbocycles. The summed E-state index contributed by atoms with van der Waals surface area (Å²) in [6, 6.07) is 3.60. The number of H-pyrrole nitrogens is 1. The van der Waals surface area contributed by atoms with Gasteiger partial charge in [-0.3, -0.25) is 0 Å². The standard InChI is InChI=1S/C8H9N5O/c1-14-7-3-2-6(4-9-7)12-8-10-5-11-13-8/h2-5H,1H3,(H2,10,11,12,13). The van der Waals surface area contributed by atoms with Crippen LogP contribution in [0, 0.1) is 0 Å². The van der Waals surface area contributed by atoms with E-state index in [0.29, 0.717) is 11.8 Å². The number of pyridine rings is 1. The van der Waals surface area contributed by atoms with Crippen LogP contribution in [0.4, 0.5) is 11.6 Å². The largest absolute Gasteiger partial charge is 0.481 e. The van der Waals surface area contributed by atoms with E-state index >= 15 is 0 Å². The fourth-order valence-corrected chi connectivity index (χ4v) is 0.977. The van der Waals surface area contributed by atoms with Crippen molar-refractivity contribution in [2.45, 2.75) is 0 Å². The van der Waals surface area contributed by atoms with Crippen LogP contribution in [-0.4, -0.2) is 27.3 Å². The lowest BCUT2D eigenvalue weighted by Gasteiger charge is -2.02. The quantitative estimate of drug-likeness (QED) is 0.755. The molecule has 14 heavy (non-hydrogen) atoms. The molecule has 2 N–H and O–H groups in total. The topological polar surface area (TPSA) is 75.7 Å². The first-order valence-corrected chi connectivity index (χ1v) is 4.01. The Labute approximate surface area is 80.4 Å². The molecule has 0 aliphatic heterocycles. The number of anilines is 2. The molecule has 0 amide bonds. The molecule has 0 saturated carbocycles. The Morgan fingerprint density at radius 3 is 2.86 bits per heavy atom. The van der Waals surface area contributed by atoms with Gasteiger partial charge in [-0.05, 0) is 6.07 Å². The van der Waals surface area contributed by atoms with Gasteiger partial charge in [-0.25, -0.2) is 10.1 Å². The van der Waals surface area contributed by atoms with Gasteiger partial charge in [-0.15, -0.1) is 0 Å². The third-order valence-electron chi connectivity index (χ3n) is 1.62. The van der Waals surface area contributed by atoms with Crippen LogP contribution in [0.3, 0.4) is 0 Å². The van der Waals surface area contributed by atoms with Gasteiger partial charge in [-0.2, -0.15) is 10.1 Å². The lowest BCUT2D eigenvalue weighted by Crippen LogP contribution is -1.94. The van der Waals surface area contributed by atoms with Gasteiger partial charge in [0.1, 0.15) is 6.33 Å². The zero-order valence-corrected chi connectivity index (χ0v) is 7.56. The van der Waals surface area contributed by atoms with Crippen LogP contribution in [-0.2, 0) is 0 Å². The maximum atomic E-state index is 4.93. The van der Waals surface area contributed by atoms with Crippen molar-refractivity contribution in [1.82, 2.24) is 20.2 Å². The molecule has 0 aromatic carbocycles. The summed E-state index contributed by atoms with van der Waals surface area (Å²) in [6.07, 6.45) is 3.08. The van der Waals surface area contributed by atoms with Crippen molar-refractivity contribution in [2.75, 3.05) is 12.4 Å². The van der Waals surface area contributed by atoms with Crippen LogP contribution in [0.15, 0.2) is 24.7 Å². The van der Waals surface area contributed by atoms with E-state index in [1.54, 1.807) is 19.4 Å². The van der Waals surface area contributed by atoms with Gasteiger partial charge in [0.15, 0.2) is 0 Å². The Bertz CT molecular complexity index is 383. The summed E-state index contributed by atoms with van der Waals surface area (Å²) in [5.74, 6) is 1.16. The van der Waals surface area contributed by atoms with Crippen molar-refractivity contribution in [1.29, 1.82) is 0 Å². The first kappa shape index (κ1) is 8.49. The minimum atomic E-state index is 0.577. The summed E-state index contributed by atoms with van der Waals surface area (Å²) >= 11 is 0. The Balaban J connectivity index is 2.10. The molecule has 72 valence electrons. The molecule has 0 saturated heterocycles. The molecule has 6 nitrogen and oxygen atoms in total. The number of ether oxygens (including phenoxy) is 1. The monoisotopic (exact) mass is 191 g/mol. The number of rotatable bonds is 3. The Hall–Kier alpha value is -2.11. The van der Waals surface area contributed by atoms with Gasteiger partial charge < -0.3 is 10.1 Å². The molecule has 0 spiro atoms. The Morgan fingerprint density at radius 2 is 2.29 bits per heavy atom. The molecule has 2 heterocycles. The summed E-state index contributed by atoms with van der Waals surface area (Å²) in [7, 11) is 1.58. The normalized spacial score (nSPS) is 9.79. The molecule has 6 heteroatoms. The number of hydrogen-bond donors (Lipinski definition) is 2. The molecule has 0 aliphatic rings. The maximum absolute atomic E-state index is 4.93. The van der Waals surface area contributed by atoms with Gasteiger partial charge in [0.2, 0.25) is 11.8 Å². The van der Waals surface area contributed by atoms with Crippen molar-refractivity contribution in [2.24, 2.45) is 0 Å². The molecule has 2 rings (SSSR count). The van der Waals surface area contributed by atoms with Gasteiger partial charge in [0, 0.05) is 6.07 Å². The van der Waals surface area contributed by atoms with E-state index in [2.05, 4.69) is 25.5 Å². The fraction of sp³-hybridized carbons (Fsp3) is 0.125. The SMILES string of the molecule is COc1ccc(Nc2ncn[nH]2)cn1. The number of methoxy groups -OCH3 is 1. The van der Waals surface area contributed by atoms with Crippen molar-refractivity contribution in [3.05, 3.63) is 24.7 Å². The van der Waals surface area contributed by atoms with Crippen molar-refractivity contribution in [3.63, 3.8) is 0 Å². The van der Waals surface area contributed by atoms with E-state index in [9.17, 15) is 0 Å². The van der Waals surface area contributed by atoms with E-state index < -0.39 is 0 Å². The van der Waals surface area contributed by atoms with Crippen molar-refractivity contribution < 1.29 is 4.74 Å². The lowest BCUT2D eigenvalue weighted by molar-refractivity contribution is 0.398. The average molecular weight is 191 g/mol. The molecule has 0 atom stereocenters. The molecule has 0 unspecified atom stereocenters. The predicted octanol–water partition coefficient (Wildman–Crippen LogP) is 0.952. The van der Waals surface area contributed by atoms with E-state index in [1.807, 2.05) is 6.07 Å². The Kier molecular flexibility index (Phi) is 2.26. The molecule has 0 bridgehead atoms. The molecular formula is C8H9N5O. The minimum Gasteiger partial charge on any atom is -0.481 e. The summed E-state index contributed by atoms with van der Waals surface area (Å²) in [4.78, 5) is 7.95. The Morgan fingerprint density at radius 1 is 1.36 bits per heavy atom. The van der Waals surface area contributed by atoms with Crippen LogP contribution in [0.5, 0.6) is 5.88 Å². The average Bonchev–Trinajstić information content (AvgIpc) is 2.72. The zero-order chi connectivity index (χ0) is 9.80. The highest BCUT2D eigenvalue weighted by molar-refractivity contribution is 5.51. The van der Waals surface area contributed by atoms with Crippen LogP contribution in [0.25, 0.3) is 0 Å². The van der Waals surface area contributed by atoms with Crippen molar-refractivity contribution in [3.8, 4) is 5.88 Å². The third-order valence-corrected chi connectivity index (χ3v) is 1.62. The summed E-state index contributed by atoms with van der Waals surface area (Å²) in [5, 5.41) is 9.38. The van der Waals surface area contributed by atoms with Gasteiger partial charge in [0.05, 0.1) is 19.0 Å². The minimum absolute atomic E-state index is 0.577. The fourth-order valence-electron chi connectivity index (χ4n) is 0.977. The van der Waals surface area contributed by atoms with Crippen LogP contribution >= 0.6 is 0 Å². The number of nitrogens with zero attached hydrogens (tertiary/aromatic N) is 3. The smallest absolute Gasteiger partial charge is 0.222 e. The number of hydrogen-bond acceptors (Lipinski definition) is 5. The summed E-state index contributed by atoms with van der Waals surface area (Å²) < 4.78 is 4.93. The second kappa shape index (κ2) is 3.73. The molecule has 0 radical (unpaired) electrons. The van der Waals surface area contributed by atoms with Crippen LogP contribution < -0.4 is 10.1 Å². The second-order valence-corrected chi connectivity index (χ2v) is 2.55. The highest BCUT2D eigenvalue weighted by Crippen LogP contribution is 2.13. The second-order valence-electron chi connectivity index (χ2n) is 2.55. The van der Waals surface area contributed by atoms with Crippen LogP contribution in [0.1, 0.15) is 0 Å². The maximum Gasteiger partial charge on any atom is 0.222 e. The van der Waals surface area contributed by atoms with E-state index in [1.165, 1.54) is 6.33 Å². The first-order chi connectivity index (χ1) is 6.88. The summed E-state index contributed by atoms with van der Waals surface area (Å²) in [6.45, 7) is 0. The van der Waals surface area contributed by atoms with E-state index in [4.69, 9.17) is 4.74 Å². The van der Waals surface area contributed by atoms with Gasteiger partial charge >= 0.3 is 0 Å². The highest BCUT2D eigenvalue weighted by Gasteiger charge is 1.97. The molecule has 2 aromatic rings. The predicted molar refractivity (Wildman–Crippen MR) is 50.5 cm³/mol. The number of aromatic amines is 1. The number of aromatic nitrogens is 4. The molecule has 0 fully saturated rings. The molecule has 2 aromatic heterocycles. The van der Waals surface area contributed by atoms with E-state index in [-0.39, 0.29) is 0 Å². The zero-order valence-electron chi connectivity index (χ0n) is 7.56. The first-order valence-electron chi connectivity index (χ1n) is 4.01. The number of nitrogens with one attached hydrogen (secondary N) is 2. The lowest BCUT2D eigenvalue weighted by atomic mass is 10.4. The van der Waals surface area contributed by atoms with Gasteiger partial charge in [-0.1, -0.05) is 0 Å².